The van der Waals surface area contributed by atoms with Crippen molar-refractivity contribution in [3.05, 3.63) is 93.5 Å². The molecule has 2 aromatic carbocycles. The fraction of sp³-hybridized carbons (Fsp3) is 0.333. The molecule has 5 aromatic rings. The standard InChI is InChI=1S/C27H29N7OS2/c1-18(19-8-4-3-5-9-19)34-26(29-30-31-34)25(23-12-13-24(36-2)37-23)32-16-14-20(15-17-32)33-22-11-7-6-10-21(22)28-27(33)35/h3-13,18,20,25H,14-17H2,1-2H3,(H,28,35). The van der Waals surface area contributed by atoms with Crippen LogP contribution in [0.15, 0.2) is 75.7 Å². The lowest BCUT2D eigenvalue weighted by atomic mass is 10.0. The summed E-state index contributed by atoms with van der Waals surface area (Å²) in [5, 5.41) is 13.1. The molecule has 1 N–H and O–H groups in total. The summed E-state index contributed by atoms with van der Waals surface area (Å²) in [4.78, 5) is 19.5. The summed E-state index contributed by atoms with van der Waals surface area (Å²) in [6.45, 7) is 3.84. The van der Waals surface area contributed by atoms with Gasteiger partial charge in [0.15, 0.2) is 5.82 Å². The highest BCUT2D eigenvalue weighted by Crippen LogP contribution is 2.39. The van der Waals surface area contributed by atoms with Crippen LogP contribution in [0.3, 0.4) is 0 Å². The number of thioether (sulfide) groups is 1. The SMILES string of the molecule is CSc1ccc(C(c2nnnn2C(C)c2ccccc2)N2CCC(n3c(=O)[nH]c4ccccc43)CC2)s1. The van der Waals surface area contributed by atoms with E-state index in [9.17, 15) is 4.79 Å². The average molecular weight is 532 g/mol. The number of hydrogen-bond donors (Lipinski definition) is 1. The van der Waals surface area contributed by atoms with Crippen LogP contribution in [0.4, 0.5) is 0 Å². The van der Waals surface area contributed by atoms with E-state index in [0.29, 0.717) is 0 Å². The number of nitrogens with zero attached hydrogens (tertiary/aromatic N) is 6. The van der Waals surface area contributed by atoms with Gasteiger partial charge in [-0.15, -0.1) is 28.2 Å². The summed E-state index contributed by atoms with van der Waals surface area (Å²) < 4.78 is 5.19. The predicted molar refractivity (Wildman–Crippen MR) is 148 cm³/mol. The lowest BCUT2D eigenvalue weighted by Gasteiger charge is -2.37. The fourth-order valence-electron chi connectivity index (χ4n) is 5.43. The van der Waals surface area contributed by atoms with Crippen molar-refractivity contribution in [3.8, 4) is 0 Å². The van der Waals surface area contributed by atoms with Crippen LogP contribution < -0.4 is 5.69 Å². The minimum Gasteiger partial charge on any atom is -0.306 e. The van der Waals surface area contributed by atoms with Crippen molar-refractivity contribution in [1.82, 2.24) is 34.7 Å². The molecule has 4 heterocycles. The molecule has 0 aliphatic carbocycles. The molecule has 1 fully saturated rings. The number of H-pyrrole nitrogens is 1. The third kappa shape index (κ3) is 4.54. The number of aromatic nitrogens is 6. The normalized spacial score (nSPS) is 16.8. The zero-order chi connectivity index (χ0) is 25.4. The van der Waals surface area contributed by atoms with E-state index in [4.69, 9.17) is 0 Å². The minimum atomic E-state index is -0.0484. The van der Waals surface area contributed by atoms with Gasteiger partial charge in [-0.1, -0.05) is 42.5 Å². The van der Waals surface area contributed by atoms with Crippen molar-refractivity contribution < 1.29 is 0 Å². The van der Waals surface area contributed by atoms with Crippen molar-refractivity contribution in [1.29, 1.82) is 0 Å². The number of tetrazole rings is 1. The molecule has 0 amide bonds. The highest BCUT2D eigenvalue weighted by atomic mass is 32.2. The number of para-hydroxylation sites is 2. The Morgan fingerprint density at radius 2 is 1.78 bits per heavy atom. The van der Waals surface area contributed by atoms with Crippen molar-refractivity contribution in [3.63, 3.8) is 0 Å². The van der Waals surface area contributed by atoms with Gasteiger partial charge in [-0.2, -0.15) is 0 Å². The van der Waals surface area contributed by atoms with E-state index in [1.54, 1.807) is 23.1 Å². The van der Waals surface area contributed by atoms with Crippen molar-refractivity contribution in [2.75, 3.05) is 19.3 Å². The number of piperidine rings is 1. The summed E-state index contributed by atoms with van der Waals surface area (Å²) in [7, 11) is 0. The van der Waals surface area contributed by atoms with Crippen LogP contribution in [0.1, 0.15) is 54.2 Å². The molecule has 6 rings (SSSR count). The van der Waals surface area contributed by atoms with Crippen LogP contribution in [0, 0.1) is 0 Å². The monoisotopic (exact) mass is 531 g/mol. The molecule has 1 aliphatic heterocycles. The molecule has 3 aromatic heterocycles. The van der Waals surface area contributed by atoms with Gasteiger partial charge in [0.2, 0.25) is 0 Å². The van der Waals surface area contributed by atoms with E-state index >= 15 is 0 Å². The van der Waals surface area contributed by atoms with Gasteiger partial charge >= 0.3 is 5.69 Å². The van der Waals surface area contributed by atoms with E-state index in [-0.39, 0.29) is 23.8 Å². The maximum absolute atomic E-state index is 12.8. The second kappa shape index (κ2) is 10.3. The number of aromatic amines is 1. The Morgan fingerprint density at radius 1 is 1.03 bits per heavy atom. The van der Waals surface area contributed by atoms with Crippen molar-refractivity contribution in [2.24, 2.45) is 0 Å². The predicted octanol–water partition coefficient (Wildman–Crippen LogP) is 5.14. The van der Waals surface area contributed by atoms with E-state index < -0.39 is 0 Å². The number of imidazole rings is 1. The first kappa shape index (κ1) is 24.1. The molecule has 10 heteroatoms. The van der Waals surface area contributed by atoms with Crippen LogP contribution in [0.2, 0.25) is 0 Å². The number of benzene rings is 2. The summed E-state index contributed by atoms with van der Waals surface area (Å²) in [6, 6.07) is 22.8. The van der Waals surface area contributed by atoms with E-state index in [2.05, 4.69) is 75.0 Å². The molecule has 190 valence electrons. The van der Waals surface area contributed by atoms with E-state index in [1.165, 1.54) is 14.6 Å². The van der Waals surface area contributed by atoms with Gasteiger partial charge in [-0.05, 0) is 66.3 Å². The smallest absolute Gasteiger partial charge is 0.306 e. The molecule has 2 unspecified atom stereocenters. The van der Waals surface area contributed by atoms with Crippen LogP contribution in [0.5, 0.6) is 0 Å². The zero-order valence-electron chi connectivity index (χ0n) is 20.8. The molecule has 0 spiro atoms. The van der Waals surface area contributed by atoms with E-state index in [1.807, 2.05) is 39.6 Å². The molecule has 0 bridgehead atoms. The number of hydrogen-bond acceptors (Lipinski definition) is 7. The maximum atomic E-state index is 12.8. The van der Waals surface area contributed by atoms with E-state index in [0.717, 1.165) is 42.8 Å². The van der Waals surface area contributed by atoms with Crippen LogP contribution in [0.25, 0.3) is 11.0 Å². The average Bonchev–Trinajstić information content (AvgIpc) is 3.68. The quantitative estimate of drug-likeness (QED) is 0.293. The Bertz CT molecular complexity index is 1550. The number of nitrogens with one attached hydrogen (secondary N) is 1. The topological polar surface area (TPSA) is 84.6 Å². The summed E-state index contributed by atoms with van der Waals surface area (Å²) >= 11 is 3.56. The number of rotatable bonds is 7. The first-order valence-corrected chi connectivity index (χ1v) is 14.6. The molecule has 8 nitrogen and oxygen atoms in total. The Hall–Kier alpha value is -3.21. The molecule has 0 radical (unpaired) electrons. The Morgan fingerprint density at radius 3 is 2.54 bits per heavy atom. The summed E-state index contributed by atoms with van der Waals surface area (Å²) in [6.07, 6.45) is 3.88. The van der Waals surface area contributed by atoms with Gasteiger partial charge in [0, 0.05) is 24.0 Å². The summed E-state index contributed by atoms with van der Waals surface area (Å²) in [5.41, 5.74) is 3.01. The van der Waals surface area contributed by atoms with Crippen LogP contribution in [-0.2, 0) is 0 Å². The minimum absolute atomic E-state index is 0.0102. The first-order chi connectivity index (χ1) is 18.1. The first-order valence-electron chi connectivity index (χ1n) is 12.5. The number of thiophene rings is 1. The highest BCUT2D eigenvalue weighted by Gasteiger charge is 2.34. The van der Waals surface area contributed by atoms with Gasteiger partial charge in [0.1, 0.15) is 6.04 Å². The fourth-order valence-corrected chi connectivity index (χ4v) is 7.13. The van der Waals surface area contributed by atoms with Gasteiger partial charge in [0.25, 0.3) is 0 Å². The third-order valence-corrected chi connectivity index (χ3v) is 9.56. The van der Waals surface area contributed by atoms with Crippen molar-refractivity contribution >= 4 is 34.1 Å². The maximum Gasteiger partial charge on any atom is 0.326 e. The Balaban J connectivity index is 1.32. The molecular weight excluding hydrogens is 502 g/mol. The number of fused-ring (bicyclic) bond motifs is 1. The van der Waals surface area contributed by atoms with Gasteiger partial charge < -0.3 is 4.98 Å². The summed E-state index contributed by atoms with van der Waals surface area (Å²) in [5.74, 6) is 0.855. The van der Waals surface area contributed by atoms with Gasteiger partial charge in [0.05, 0.1) is 21.3 Å². The van der Waals surface area contributed by atoms with Gasteiger partial charge in [-0.25, -0.2) is 9.48 Å². The van der Waals surface area contributed by atoms with Crippen molar-refractivity contribution in [2.45, 2.75) is 42.1 Å². The highest BCUT2D eigenvalue weighted by molar-refractivity contribution is 8.00. The second-order valence-electron chi connectivity index (χ2n) is 9.42. The Labute approximate surface area is 223 Å². The van der Waals surface area contributed by atoms with Crippen LogP contribution >= 0.6 is 23.1 Å². The number of likely N-dealkylation sites (tertiary alicyclic amines) is 1. The molecular formula is C27H29N7OS2. The molecule has 1 aliphatic rings. The zero-order valence-corrected chi connectivity index (χ0v) is 22.5. The Kier molecular flexibility index (Phi) is 6.71. The molecule has 37 heavy (non-hydrogen) atoms. The van der Waals surface area contributed by atoms with Gasteiger partial charge in [-0.3, -0.25) is 9.47 Å². The third-order valence-electron chi connectivity index (χ3n) is 7.34. The lowest BCUT2D eigenvalue weighted by Crippen LogP contribution is -2.40. The second-order valence-corrected chi connectivity index (χ2v) is 11.6. The van der Waals surface area contributed by atoms with Crippen LogP contribution in [-0.4, -0.2) is 54.0 Å². The largest absolute Gasteiger partial charge is 0.326 e. The molecule has 1 saturated heterocycles. The molecule has 0 saturated carbocycles. The molecule has 2 atom stereocenters. The lowest BCUT2D eigenvalue weighted by molar-refractivity contribution is 0.147.